The zero-order chi connectivity index (χ0) is 42.9. The van der Waals surface area contributed by atoms with Gasteiger partial charge in [0, 0.05) is 54.6 Å². The molecule has 0 amide bonds. The number of phosphoric acid groups is 1. The van der Waals surface area contributed by atoms with E-state index >= 15 is 4.39 Å². The molecule has 4 heterocycles. The van der Waals surface area contributed by atoms with E-state index in [2.05, 4.69) is 14.5 Å². The van der Waals surface area contributed by atoms with Crippen molar-refractivity contribution in [2.75, 3.05) is 25.3 Å². The number of fused-ring (bicyclic) bond motifs is 2. The molecule has 314 valence electrons. The number of benzene rings is 3. The van der Waals surface area contributed by atoms with E-state index in [1.54, 1.807) is 15.6 Å². The van der Waals surface area contributed by atoms with Crippen LogP contribution in [0.2, 0.25) is 0 Å². The highest BCUT2D eigenvalue weighted by molar-refractivity contribution is 7.46. The molecular formula is C40H37F4N6O9P. The summed E-state index contributed by atoms with van der Waals surface area (Å²) in [4.78, 5) is 53.8. The molecule has 0 saturated heterocycles. The second-order valence-electron chi connectivity index (χ2n) is 13.6. The molecule has 15 nitrogen and oxygen atoms in total. The summed E-state index contributed by atoms with van der Waals surface area (Å²) in [6.45, 7) is 3.22. The van der Waals surface area contributed by atoms with E-state index in [1.807, 2.05) is 32.0 Å². The van der Waals surface area contributed by atoms with Gasteiger partial charge in [0.1, 0.15) is 5.52 Å². The molecule has 7 rings (SSSR count). The molecular weight excluding hydrogens is 815 g/mol. The number of nitrogens with zero attached hydrogens (tertiary/aromatic N) is 6. The number of hydrogen-bond acceptors (Lipinski definition) is 11. The molecule has 0 unspecified atom stereocenters. The van der Waals surface area contributed by atoms with E-state index in [-0.39, 0.29) is 29.3 Å². The van der Waals surface area contributed by atoms with E-state index in [0.29, 0.717) is 59.3 Å². The highest BCUT2D eigenvalue weighted by Gasteiger charge is 2.34. The molecule has 1 aliphatic heterocycles. The Morgan fingerprint density at radius 3 is 2.27 bits per heavy atom. The molecule has 0 bridgehead atoms. The van der Waals surface area contributed by atoms with Gasteiger partial charge >= 0.3 is 26.1 Å². The van der Waals surface area contributed by atoms with Crippen molar-refractivity contribution < 1.29 is 60.2 Å². The largest absolute Gasteiger partial charge is 0.492 e. The Labute approximate surface area is 339 Å². The Bertz CT molecular complexity index is 2600. The normalized spacial score (nSPS) is 13.1. The molecule has 0 atom stereocenters. The topological polar surface area (TPSA) is 180 Å². The first kappa shape index (κ1) is 42.0. The number of aromatic nitrogens is 5. The number of para-hydroxylation sites is 1. The number of methoxy groups -OCH3 is 1. The van der Waals surface area contributed by atoms with Gasteiger partial charge in [0.2, 0.25) is 12.7 Å². The molecule has 3 aromatic heterocycles. The lowest BCUT2D eigenvalue weighted by Gasteiger charge is -2.27. The van der Waals surface area contributed by atoms with Crippen LogP contribution in [0.15, 0.2) is 73.2 Å². The Morgan fingerprint density at radius 1 is 0.967 bits per heavy atom. The third-order valence-corrected chi connectivity index (χ3v) is 10.4. The number of ether oxygens (including phenoxy) is 3. The van der Waals surface area contributed by atoms with E-state index in [4.69, 9.17) is 29.1 Å². The number of esters is 1. The van der Waals surface area contributed by atoms with Crippen LogP contribution in [0.3, 0.4) is 0 Å². The molecule has 0 fully saturated rings. The number of halogens is 4. The SMILES string of the molecule is CCc1cccc(CC)c1-n1nc2c(c1-c1cc(F)c(OC)c3c1ccn3C(=O)OCOC(=O)c1ccc(COP(=O)(O)O)cc1)CN(c1ncc(C(F)(F)F)cn1)CC2. The van der Waals surface area contributed by atoms with Crippen LogP contribution < -0.4 is 9.64 Å². The Hall–Kier alpha value is -6.14. The van der Waals surface area contributed by atoms with Crippen LogP contribution in [0.1, 0.15) is 57.7 Å². The monoisotopic (exact) mass is 852 g/mol. The summed E-state index contributed by atoms with van der Waals surface area (Å²) in [5.74, 6) is -1.91. The average molecular weight is 853 g/mol. The summed E-state index contributed by atoms with van der Waals surface area (Å²) >= 11 is 0. The second kappa shape index (κ2) is 16.8. The van der Waals surface area contributed by atoms with Crippen molar-refractivity contribution in [1.29, 1.82) is 0 Å². The van der Waals surface area contributed by atoms with Crippen LogP contribution in [0.5, 0.6) is 5.75 Å². The number of rotatable bonds is 12. The van der Waals surface area contributed by atoms with Crippen LogP contribution in [0, 0.1) is 5.82 Å². The molecule has 20 heteroatoms. The lowest BCUT2D eigenvalue weighted by atomic mass is 9.97. The summed E-state index contributed by atoms with van der Waals surface area (Å²) < 4.78 is 90.5. The fraction of sp³-hybridized carbons (Fsp3) is 0.275. The van der Waals surface area contributed by atoms with Gasteiger partial charge in [0.25, 0.3) is 0 Å². The summed E-state index contributed by atoms with van der Waals surface area (Å²) in [5, 5.41) is 5.44. The number of phosphoric ester groups is 1. The predicted octanol–water partition coefficient (Wildman–Crippen LogP) is 7.55. The van der Waals surface area contributed by atoms with E-state index in [1.165, 1.54) is 43.6 Å². The summed E-state index contributed by atoms with van der Waals surface area (Å²) in [6, 6.07) is 14.2. The highest BCUT2D eigenvalue weighted by Crippen LogP contribution is 2.43. The standard InChI is InChI=1S/C40H37F4N6O9P/c1-4-24-7-6-8-25(5-2)33(24)50-34(30-20-48(15-14-32(30)47-50)38-45-18-27(19-46-38)40(42,43)44)29-17-31(41)36(56-3)35-28(29)13-16-49(35)39(52)58-22-57-37(51)26-11-9-23(10-12-26)21-59-60(53,54)55/h6-13,16-19H,4-5,14-15,20-22H2,1-3H3,(H2,53,54,55). The quantitative estimate of drug-likeness (QED) is 0.0534. The summed E-state index contributed by atoms with van der Waals surface area (Å²) in [7, 11) is -3.46. The van der Waals surface area contributed by atoms with Gasteiger partial charge in [0.15, 0.2) is 11.6 Å². The van der Waals surface area contributed by atoms with Crippen molar-refractivity contribution in [2.45, 2.75) is 52.4 Å². The number of hydrogen-bond donors (Lipinski definition) is 2. The smallest absolute Gasteiger partial charge is 0.469 e. The maximum Gasteiger partial charge on any atom is 0.469 e. The maximum atomic E-state index is 16.3. The van der Waals surface area contributed by atoms with Crippen LogP contribution in [0.4, 0.5) is 28.3 Å². The predicted molar refractivity (Wildman–Crippen MR) is 207 cm³/mol. The van der Waals surface area contributed by atoms with Gasteiger partial charge in [-0.05, 0) is 53.8 Å². The van der Waals surface area contributed by atoms with Crippen LogP contribution in [-0.4, -0.2) is 66.6 Å². The summed E-state index contributed by atoms with van der Waals surface area (Å²) in [6.07, 6.45) is -1.21. The number of carbonyl (C=O) groups is 2. The number of alkyl halides is 3. The van der Waals surface area contributed by atoms with Crippen molar-refractivity contribution in [2.24, 2.45) is 0 Å². The Morgan fingerprint density at radius 2 is 1.65 bits per heavy atom. The fourth-order valence-electron chi connectivity index (χ4n) is 7.09. The van der Waals surface area contributed by atoms with Crippen LogP contribution in [0.25, 0.3) is 27.8 Å². The number of aryl methyl sites for hydroxylation is 2. The minimum Gasteiger partial charge on any atom is -0.492 e. The van der Waals surface area contributed by atoms with Gasteiger partial charge < -0.3 is 28.9 Å². The zero-order valence-electron chi connectivity index (χ0n) is 32.3. The van der Waals surface area contributed by atoms with Crippen molar-refractivity contribution in [3.05, 3.63) is 118 Å². The molecule has 0 radical (unpaired) electrons. The summed E-state index contributed by atoms with van der Waals surface area (Å²) in [5.41, 5.74) is 4.27. The molecule has 0 saturated carbocycles. The third kappa shape index (κ3) is 8.47. The molecule has 0 aliphatic carbocycles. The van der Waals surface area contributed by atoms with Gasteiger partial charge in [-0.1, -0.05) is 44.2 Å². The average Bonchev–Trinajstić information content (AvgIpc) is 3.84. The third-order valence-electron chi connectivity index (χ3n) is 9.96. The maximum absolute atomic E-state index is 16.3. The van der Waals surface area contributed by atoms with Gasteiger partial charge in [-0.3, -0.25) is 4.52 Å². The van der Waals surface area contributed by atoms with Gasteiger partial charge in [-0.2, -0.15) is 18.3 Å². The molecule has 60 heavy (non-hydrogen) atoms. The molecule has 0 spiro atoms. The first-order chi connectivity index (χ1) is 28.6. The molecule has 3 aromatic carbocycles. The highest BCUT2D eigenvalue weighted by atomic mass is 31.2. The van der Waals surface area contributed by atoms with Crippen molar-refractivity contribution in [1.82, 2.24) is 24.3 Å². The van der Waals surface area contributed by atoms with Gasteiger partial charge in [-0.25, -0.2) is 37.8 Å². The number of carbonyl (C=O) groups excluding carboxylic acids is 2. The Balaban J connectivity index is 1.25. The lowest BCUT2D eigenvalue weighted by Crippen LogP contribution is -2.31. The first-order valence-corrected chi connectivity index (χ1v) is 20.0. The zero-order valence-corrected chi connectivity index (χ0v) is 33.2. The number of anilines is 1. The minimum atomic E-state index is -4.70. The van der Waals surface area contributed by atoms with Gasteiger partial charge in [-0.15, -0.1) is 0 Å². The van der Waals surface area contributed by atoms with Crippen LogP contribution in [-0.2, 0) is 57.2 Å². The first-order valence-electron chi connectivity index (χ1n) is 18.5. The molecule has 2 N–H and O–H groups in total. The molecule has 6 aromatic rings. The van der Waals surface area contributed by atoms with Crippen molar-refractivity contribution in [3.63, 3.8) is 0 Å². The van der Waals surface area contributed by atoms with Crippen LogP contribution >= 0.6 is 7.82 Å². The second-order valence-corrected chi connectivity index (χ2v) is 14.8. The van der Waals surface area contributed by atoms with Crippen molar-refractivity contribution >= 4 is 36.7 Å². The van der Waals surface area contributed by atoms with E-state index in [9.17, 15) is 27.3 Å². The minimum absolute atomic E-state index is 0.00308. The Kier molecular flexibility index (Phi) is 11.8. The van der Waals surface area contributed by atoms with Gasteiger partial charge in [0.05, 0.1) is 41.9 Å². The van der Waals surface area contributed by atoms with E-state index < -0.39 is 50.8 Å². The fourth-order valence-corrected chi connectivity index (χ4v) is 7.41. The van der Waals surface area contributed by atoms with E-state index in [0.717, 1.165) is 33.8 Å². The lowest BCUT2D eigenvalue weighted by molar-refractivity contribution is -0.138. The molecule has 1 aliphatic rings. The van der Waals surface area contributed by atoms with Crippen molar-refractivity contribution in [3.8, 4) is 22.7 Å².